The summed E-state index contributed by atoms with van der Waals surface area (Å²) >= 11 is 1.20. The first-order valence-corrected chi connectivity index (χ1v) is 9.21. The second-order valence-corrected chi connectivity index (χ2v) is 7.93. The van der Waals surface area contributed by atoms with Crippen molar-refractivity contribution in [3.05, 3.63) is 10.6 Å². The minimum atomic E-state index is -1.21. The van der Waals surface area contributed by atoms with Crippen molar-refractivity contribution in [3.8, 4) is 0 Å². The number of nitrogens with two attached hydrogens (primary N) is 1. The Morgan fingerprint density at radius 2 is 2.12 bits per heavy atom. The van der Waals surface area contributed by atoms with E-state index < -0.39 is 53.4 Å². The van der Waals surface area contributed by atoms with Crippen LogP contribution in [0.5, 0.6) is 0 Å². The monoisotopic (exact) mass is 386 g/mol. The second kappa shape index (κ2) is 6.84. The molecule has 3 heterocycles. The molecule has 9 nitrogen and oxygen atoms in total. The Labute approximate surface area is 154 Å². The topological polar surface area (TPSA) is 139 Å². The number of ether oxygens (including phenoxy) is 2. The van der Waals surface area contributed by atoms with Crippen molar-refractivity contribution < 1.29 is 34.1 Å². The molecule has 10 heteroatoms. The van der Waals surface area contributed by atoms with Crippen LogP contribution < -0.4 is 5.73 Å². The lowest BCUT2D eigenvalue weighted by molar-refractivity contribution is -0.177. The normalized spacial score (nSPS) is 37.0. The number of rotatable bonds is 6. The number of aliphatic hydroxyl groups excluding tert-OH is 1. The first-order chi connectivity index (χ1) is 12.2. The highest BCUT2D eigenvalue weighted by atomic mass is 32.2. The molecule has 0 unspecified atom stereocenters. The van der Waals surface area contributed by atoms with Crippen molar-refractivity contribution in [1.29, 1.82) is 0 Å². The molecule has 0 aromatic carbocycles. The molecule has 7 atom stereocenters. The second-order valence-electron chi connectivity index (χ2n) is 6.71. The van der Waals surface area contributed by atoms with E-state index in [-0.39, 0.29) is 18.2 Å². The number of fused-ring (bicyclic) bond motifs is 1. The number of nitrogens with zero attached hydrogens (tertiary/aromatic N) is 1. The van der Waals surface area contributed by atoms with E-state index in [1.165, 1.54) is 30.7 Å². The van der Waals surface area contributed by atoms with Crippen LogP contribution in [-0.4, -0.2) is 76.2 Å². The van der Waals surface area contributed by atoms with E-state index in [4.69, 9.17) is 15.2 Å². The summed E-state index contributed by atoms with van der Waals surface area (Å²) < 4.78 is 10.1. The van der Waals surface area contributed by atoms with Crippen LogP contribution in [0, 0.1) is 11.8 Å². The van der Waals surface area contributed by atoms with Gasteiger partial charge in [-0.15, -0.1) is 11.8 Å². The number of aliphatic hydroxyl groups is 1. The van der Waals surface area contributed by atoms with Gasteiger partial charge in [-0.25, -0.2) is 9.59 Å². The van der Waals surface area contributed by atoms with Gasteiger partial charge in [0, 0.05) is 17.4 Å². The van der Waals surface area contributed by atoms with E-state index in [1.54, 1.807) is 0 Å². The van der Waals surface area contributed by atoms with Gasteiger partial charge in [0.05, 0.1) is 36.5 Å². The number of carbonyl (C=O) groups is 3. The van der Waals surface area contributed by atoms with Crippen molar-refractivity contribution >= 4 is 29.6 Å². The van der Waals surface area contributed by atoms with Gasteiger partial charge in [0.2, 0.25) is 5.91 Å². The van der Waals surface area contributed by atoms with Gasteiger partial charge in [-0.05, 0) is 6.92 Å². The summed E-state index contributed by atoms with van der Waals surface area (Å²) in [4.78, 5) is 37.7. The SMILES string of the molecule is COC(=O)[C@H]1O[C@H](CN)[C@H]1SC1=C(C(=O)O)N2C(=O)[C@H]([C@@H](C)O)[C@H]2[C@H]1C. The molecule has 0 bridgehead atoms. The number of methoxy groups -OCH3 is 1. The van der Waals surface area contributed by atoms with Crippen LogP contribution in [0.15, 0.2) is 10.6 Å². The number of carboxylic acids is 1. The fourth-order valence-corrected chi connectivity index (χ4v) is 5.48. The molecule has 0 aromatic rings. The number of thioether (sulfide) groups is 1. The smallest absolute Gasteiger partial charge is 0.353 e. The Morgan fingerprint density at radius 1 is 1.46 bits per heavy atom. The van der Waals surface area contributed by atoms with E-state index in [0.717, 1.165) is 0 Å². The quantitative estimate of drug-likeness (QED) is 0.393. The first-order valence-electron chi connectivity index (χ1n) is 8.33. The maximum absolute atomic E-state index is 12.3. The summed E-state index contributed by atoms with van der Waals surface area (Å²) in [6, 6.07) is -0.398. The van der Waals surface area contributed by atoms with Gasteiger partial charge in [0.25, 0.3) is 0 Å². The zero-order valence-corrected chi connectivity index (χ0v) is 15.4. The Bertz CT molecular complexity index is 680. The minimum Gasteiger partial charge on any atom is -0.477 e. The Kier molecular flexibility index (Phi) is 5.04. The average Bonchev–Trinajstić information content (AvgIpc) is 2.80. The molecule has 2 fully saturated rings. The molecule has 0 aromatic heterocycles. The van der Waals surface area contributed by atoms with Crippen molar-refractivity contribution in [2.75, 3.05) is 13.7 Å². The zero-order valence-electron chi connectivity index (χ0n) is 14.6. The molecular weight excluding hydrogens is 364 g/mol. The number of carbonyl (C=O) groups excluding carboxylic acids is 2. The predicted octanol–water partition coefficient (Wildman–Crippen LogP) is -0.859. The van der Waals surface area contributed by atoms with Gasteiger partial charge in [-0.2, -0.15) is 0 Å². The van der Waals surface area contributed by atoms with E-state index in [1.807, 2.05) is 6.92 Å². The van der Waals surface area contributed by atoms with Gasteiger partial charge < -0.3 is 30.3 Å². The number of hydrogen-bond donors (Lipinski definition) is 3. The number of β-lactam (4-membered cyclic amide) rings is 1. The maximum Gasteiger partial charge on any atom is 0.353 e. The van der Waals surface area contributed by atoms with Crippen molar-refractivity contribution in [3.63, 3.8) is 0 Å². The third-order valence-corrected chi connectivity index (χ3v) is 6.87. The standard InChI is InChI=1S/C16H22N2O7S/c1-5-9-8(6(2)19)14(20)18(9)10(15(21)22)12(5)26-13-7(4-17)25-11(13)16(23)24-3/h5-9,11,13,19H,4,17H2,1-3H3,(H,21,22)/t5-,6-,7-,8-,9-,11+,13-/m1/s1. The summed E-state index contributed by atoms with van der Waals surface area (Å²) in [5, 5.41) is 19.1. The van der Waals surface area contributed by atoms with Gasteiger partial charge in [0.1, 0.15) is 5.70 Å². The summed E-state index contributed by atoms with van der Waals surface area (Å²) in [7, 11) is 1.25. The number of carboxylic acid groups (broad SMARTS) is 1. The van der Waals surface area contributed by atoms with Gasteiger partial charge in [0.15, 0.2) is 6.10 Å². The molecule has 2 saturated heterocycles. The Balaban J connectivity index is 1.89. The van der Waals surface area contributed by atoms with Gasteiger partial charge in [-0.1, -0.05) is 6.92 Å². The number of esters is 1. The fourth-order valence-electron chi connectivity index (χ4n) is 3.91. The molecule has 1 amide bonds. The van der Waals surface area contributed by atoms with E-state index in [2.05, 4.69) is 0 Å². The molecule has 3 aliphatic heterocycles. The predicted molar refractivity (Wildman–Crippen MR) is 90.7 cm³/mol. The van der Waals surface area contributed by atoms with Crippen LogP contribution in [0.1, 0.15) is 13.8 Å². The third kappa shape index (κ3) is 2.63. The molecule has 0 saturated carbocycles. The van der Waals surface area contributed by atoms with Crippen LogP contribution in [0.4, 0.5) is 0 Å². The highest BCUT2D eigenvalue weighted by Gasteiger charge is 2.61. The molecule has 3 aliphatic rings. The summed E-state index contributed by atoms with van der Waals surface area (Å²) in [5.74, 6) is -3.05. The number of amides is 1. The minimum absolute atomic E-state index is 0.0827. The summed E-state index contributed by atoms with van der Waals surface area (Å²) in [5.41, 5.74) is 5.58. The third-order valence-electron chi connectivity index (χ3n) is 5.23. The largest absolute Gasteiger partial charge is 0.477 e. The zero-order chi connectivity index (χ0) is 19.3. The molecule has 26 heavy (non-hydrogen) atoms. The van der Waals surface area contributed by atoms with Crippen LogP contribution >= 0.6 is 11.8 Å². The fraction of sp³-hybridized carbons (Fsp3) is 0.688. The van der Waals surface area contributed by atoms with Crippen molar-refractivity contribution in [2.24, 2.45) is 17.6 Å². The maximum atomic E-state index is 12.3. The van der Waals surface area contributed by atoms with E-state index in [9.17, 15) is 24.6 Å². The molecular formula is C16H22N2O7S. The lowest BCUT2D eigenvalue weighted by Crippen LogP contribution is -2.63. The lowest BCUT2D eigenvalue weighted by atomic mass is 9.79. The van der Waals surface area contributed by atoms with E-state index in [0.29, 0.717) is 4.91 Å². The molecule has 0 aliphatic carbocycles. The Hall–Kier alpha value is -1.62. The molecule has 3 rings (SSSR count). The van der Waals surface area contributed by atoms with Crippen LogP contribution in [0.25, 0.3) is 0 Å². The average molecular weight is 386 g/mol. The lowest BCUT2D eigenvalue weighted by Gasteiger charge is -2.46. The van der Waals surface area contributed by atoms with Gasteiger partial charge in [-0.3, -0.25) is 4.79 Å². The molecule has 144 valence electrons. The highest BCUT2D eigenvalue weighted by Crippen LogP contribution is 2.53. The summed E-state index contributed by atoms with van der Waals surface area (Å²) in [6.07, 6.45) is -2.10. The Morgan fingerprint density at radius 3 is 2.62 bits per heavy atom. The number of hydrogen-bond acceptors (Lipinski definition) is 8. The van der Waals surface area contributed by atoms with Crippen molar-refractivity contribution in [1.82, 2.24) is 4.90 Å². The van der Waals surface area contributed by atoms with Gasteiger partial charge >= 0.3 is 11.9 Å². The first kappa shape index (κ1) is 19.2. The van der Waals surface area contributed by atoms with Crippen LogP contribution in [-0.2, 0) is 23.9 Å². The molecule has 4 N–H and O–H groups in total. The highest BCUT2D eigenvalue weighted by molar-refractivity contribution is 8.03. The summed E-state index contributed by atoms with van der Waals surface area (Å²) in [6.45, 7) is 3.52. The molecule has 0 spiro atoms. The van der Waals surface area contributed by atoms with E-state index >= 15 is 0 Å². The molecule has 0 radical (unpaired) electrons. The van der Waals surface area contributed by atoms with Crippen molar-refractivity contribution in [2.45, 2.75) is 43.5 Å². The van der Waals surface area contributed by atoms with Crippen LogP contribution in [0.3, 0.4) is 0 Å². The van der Waals surface area contributed by atoms with Crippen LogP contribution in [0.2, 0.25) is 0 Å². The number of aliphatic carboxylic acids is 1.